The Hall–Kier alpha value is -2.57. The molecule has 2 atom stereocenters. The maximum Gasteiger partial charge on any atom is 0.259 e. The van der Waals surface area contributed by atoms with Gasteiger partial charge in [0.25, 0.3) is 5.91 Å². The zero-order valence-electron chi connectivity index (χ0n) is 16.4. The number of hydrogen-bond donors (Lipinski definition) is 3. The molecule has 1 amide bonds. The molecule has 29 heavy (non-hydrogen) atoms. The van der Waals surface area contributed by atoms with Crippen LogP contribution in [0.2, 0.25) is 5.02 Å². The van der Waals surface area contributed by atoms with Gasteiger partial charge in [-0.3, -0.25) is 10.1 Å². The number of nitrogens with one attached hydrogen (secondary N) is 1. The lowest BCUT2D eigenvalue weighted by molar-refractivity contribution is -0.132. The van der Waals surface area contributed by atoms with Crippen LogP contribution in [0.5, 0.6) is 5.75 Å². The Bertz CT molecular complexity index is 1000. The van der Waals surface area contributed by atoms with E-state index in [4.69, 9.17) is 22.1 Å². The van der Waals surface area contributed by atoms with Crippen LogP contribution in [-0.4, -0.2) is 29.2 Å². The Morgan fingerprint density at radius 2 is 2.00 bits per heavy atom. The molecule has 1 unspecified atom stereocenters. The maximum atomic E-state index is 13.2. The van der Waals surface area contributed by atoms with E-state index in [-0.39, 0.29) is 24.4 Å². The van der Waals surface area contributed by atoms with Gasteiger partial charge in [0, 0.05) is 23.1 Å². The Labute approximate surface area is 174 Å². The third-order valence-corrected chi connectivity index (χ3v) is 6.04. The van der Waals surface area contributed by atoms with Crippen molar-refractivity contribution in [3.63, 3.8) is 0 Å². The largest absolute Gasteiger partial charge is 0.487 e. The standard InChI is InChI=1S/C22H24ClN3O3/c1-21(2)18(7-4-10-27)22(19(28)25-20(24)26-22)16-12-14(8-9-17(16)29-21)13-5-3-6-15(23)11-13/h3,5-6,8-9,11-12,18,27H,4,7,10H2,1-2H3,(H3,24,25,26,28)/t18?,22-/m0/s1. The van der Waals surface area contributed by atoms with E-state index in [9.17, 15) is 9.90 Å². The van der Waals surface area contributed by atoms with E-state index in [1.807, 2.05) is 56.3 Å². The molecule has 0 radical (unpaired) electrons. The van der Waals surface area contributed by atoms with E-state index in [0.717, 1.165) is 11.1 Å². The van der Waals surface area contributed by atoms with Gasteiger partial charge in [-0.2, -0.15) is 0 Å². The number of carbonyl (C=O) groups excluding carboxylic acids is 1. The van der Waals surface area contributed by atoms with Crippen LogP contribution in [-0.2, 0) is 10.3 Å². The van der Waals surface area contributed by atoms with E-state index in [0.29, 0.717) is 29.2 Å². The second-order valence-electron chi connectivity index (χ2n) is 8.06. The number of carbonyl (C=O) groups is 1. The number of aliphatic hydroxyl groups is 1. The van der Waals surface area contributed by atoms with Crippen LogP contribution in [0.15, 0.2) is 47.5 Å². The van der Waals surface area contributed by atoms with Gasteiger partial charge in [0.1, 0.15) is 11.4 Å². The van der Waals surface area contributed by atoms with E-state index >= 15 is 0 Å². The van der Waals surface area contributed by atoms with Crippen LogP contribution >= 0.6 is 11.6 Å². The molecule has 4 rings (SSSR count). The zero-order valence-corrected chi connectivity index (χ0v) is 17.2. The monoisotopic (exact) mass is 413 g/mol. The summed E-state index contributed by atoms with van der Waals surface area (Å²) in [5.41, 5.74) is 6.58. The fourth-order valence-electron chi connectivity index (χ4n) is 4.56. The molecule has 0 saturated heterocycles. The van der Waals surface area contributed by atoms with Gasteiger partial charge < -0.3 is 15.6 Å². The molecule has 0 saturated carbocycles. The molecule has 2 heterocycles. The summed E-state index contributed by atoms with van der Waals surface area (Å²) in [4.78, 5) is 17.9. The van der Waals surface area contributed by atoms with E-state index in [2.05, 4.69) is 10.3 Å². The van der Waals surface area contributed by atoms with Gasteiger partial charge >= 0.3 is 0 Å². The highest BCUT2D eigenvalue weighted by Gasteiger charge is 2.60. The molecule has 2 aliphatic rings. The second-order valence-corrected chi connectivity index (χ2v) is 8.50. The molecule has 6 nitrogen and oxygen atoms in total. The Morgan fingerprint density at radius 1 is 1.24 bits per heavy atom. The molecule has 1 spiro atoms. The Balaban J connectivity index is 1.93. The number of rotatable bonds is 4. The number of halogens is 1. The summed E-state index contributed by atoms with van der Waals surface area (Å²) in [5, 5.41) is 12.7. The van der Waals surface area contributed by atoms with Gasteiger partial charge in [-0.15, -0.1) is 0 Å². The van der Waals surface area contributed by atoms with E-state index in [1.54, 1.807) is 0 Å². The van der Waals surface area contributed by atoms with Crippen LogP contribution < -0.4 is 15.8 Å². The van der Waals surface area contributed by atoms with Crippen LogP contribution in [0.1, 0.15) is 32.3 Å². The first kappa shape index (κ1) is 19.7. The van der Waals surface area contributed by atoms with Crippen molar-refractivity contribution in [2.75, 3.05) is 6.61 Å². The van der Waals surface area contributed by atoms with Crippen molar-refractivity contribution in [3.05, 3.63) is 53.1 Å². The number of fused-ring (bicyclic) bond motifs is 2. The lowest BCUT2D eigenvalue weighted by Crippen LogP contribution is -2.57. The van der Waals surface area contributed by atoms with Crippen molar-refractivity contribution in [2.24, 2.45) is 16.6 Å². The summed E-state index contributed by atoms with van der Waals surface area (Å²) < 4.78 is 6.32. The van der Waals surface area contributed by atoms with Gasteiger partial charge in [-0.25, -0.2) is 4.99 Å². The third-order valence-electron chi connectivity index (χ3n) is 5.80. The summed E-state index contributed by atoms with van der Waals surface area (Å²) in [6.07, 6.45) is 1.10. The Morgan fingerprint density at radius 3 is 2.66 bits per heavy atom. The summed E-state index contributed by atoms with van der Waals surface area (Å²) in [7, 11) is 0. The summed E-state index contributed by atoms with van der Waals surface area (Å²) >= 11 is 6.17. The number of aliphatic hydroxyl groups excluding tert-OH is 1. The molecular weight excluding hydrogens is 390 g/mol. The van der Waals surface area contributed by atoms with Crippen LogP contribution in [0.3, 0.4) is 0 Å². The van der Waals surface area contributed by atoms with Gasteiger partial charge in [0.05, 0.1) is 0 Å². The SMILES string of the molecule is CC1(C)Oc2ccc(-c3cccc(Cl)c3)cc2[C@]2(N=C(N)NC2=O)C1CCCO. The van der Waals surface area contributed by atoms with Crippen LogP contribution in [0.4, 0.5) is 0 Å². The fourth-order valence-corrected chi connectivity index (χ4v) is 4.75. The number of aliphatic imine (C=N–C) groups is 1. The highest BCUT2D eigenvalue weighted by atomic mass is 35.5. The minimum atomic E-state index is -1.20. The summed E-state index contributed by atoms with van der Waals surface area (Å²) in [5.74, 6) is 0.138. The minimum Gasteiger partial charge on any atom is -0.487 e. The summed E-state index contributed by atoms with van der Waals surface area (Å²) in [6, 6.07) is 13.3. The lowest BCUT2D eigenvalue weighted by atomic mass is 9.66. The number of nitrogens with zero attached hydrogens (tertiary/aromatic N) is 1. The number of ether oxygens (including phenoxy) is 1. The Kier molecular flexibility index (Phi) is 4.79. The number of guanidine groups is 1. The van der Waals surface area contributed by atoms with Crippen LogP contribution in [0, 0.1) is 5.92 Å². The molecule has 2 aromatic carbocycles. The van der Waals surface area contributed by atoms with Gasteiger partial charge in [0.2, 0.25) is 0 Å². The topological polar surface area (TPSA) is 96.9 Å². The fraction of sp³-hybridized carbons (Fsp3) is 0.364. The van der Waals surface area contributed by atoms with Gasteiger partial charge in [-0.05, 0) is 62.1 Å². The molecular formula is C22H24ClN3O3. The van der Waals surface area contributed by atoms with Crippen molar-refractivity contribution in [1.82, 2.24) is 5.32 Å². The first-order valence-electron chi connectivity index (χ1n) is 9.65. The van der Waals surface area contributed by atoms with Crippen molar-refractivity contribution in [1.29, 1.82) is 0 Å². The maximum absolute atomic E-state index is 13.2. The molecule has 2 aliphatic heterocycles. The van der Waals surface area contributed by atoms with Crippen molar-refractivity contribution < 1.29 is 14.6 Å². The summed E-state index contributed by atoms with van der Waals surface area (Å²) in [6.45, 7) is 3.92. The van der Waals surface area contributed by atoms with E-state index in [1.165, 1.54) is 0 Å². The number of hydrogen-bond acceptors (Lipinski definition) is 5. The third kappa shape index (κ3) is 3.16. The molecule has 2 aromatic rings. The average molecular weight is 414 g/mol. The molecule has 4 N–H and O–H groups in total. The molecule has 0 aromatic heterocycles. The average Bonchev–Trinajstić information content (AvgIpc) is 2.95. The van der Waals surface area contributed by atoms with Crippen molar-refractivity contribution in [2.45, 2.75) is 37.8 Å². The minimum absolute atomic E-state index is 0.0267. The predicted molar refractivity (Wildman–Crippen MR) is 113 cm³/mol. The lowest BCUT2D eigenvalue weighted by Gasteiger charge is -2.48. The first-order valence-corrected chi connectivity index (χ1v) is 10.0. The van der Waals surface area contributed by atoms with Gasteiger partial charge in [-0.1, -0.05) is 29.8 Å². The van der Waals surface area contributed by atoms with Gasteiger partial charge in [0.15, 0.2) is 11.5 Å². The molecule has 0 bridgehead atoms. The molecule has 152 valence electrons. The number of nitrogens with two attached hydrogens (primary N) is 1. The highest BCUT2D eigenvalue weighted by molar-refractivity contribution is 6.30. The molecule has 0 aliphatic carbocycles. The van der Waals surface area contributed by atoms with Crippen LogP contribution in [0.25, 0.3) is 11.1 Å². The number of benzene rings is 2. The predicted octanol–water partition coefficient (Wildman–Crippen LogP) is 3.21. The molecule has 0 fully saturated rings. The van der Waals surface area contributed by atoms with Crippen molar-refractivity contribution in [3.8, 4) is 16.9 Å². The van der Waals surface area contributed by atoms with E-state index < -0.39 is 11.1 Å². The highest BCUT2D eigenvalue weighted by Crippen LogP contribution is 2.53. The van der Waals surface area contributed by atoms with Crippen molar-refractivity contribution >= 4 is 23.5 Å². The second kappa shape index (κ2) is 7.04. The quantitative estimate of drug-likeness (QED) is 0.716. The normalized spacial score (nSPS) is 24.6. The zero-order chi connectivity index (χ0) is 20.8. The first-order chi connectivity index (χ1) is 13.8. The molecule has 7 heteroatoms. The smallest absolute Gasteiger partial charge is 0.259 e. The number of amides is 1.